The van der Waals surface area contributed by atoms with Crippen molar-refractivity contribution in [2.75, 3.05) is 6.54 Å². The number of aromatic amines is 1. The fraction of sp³-hybridized carbons (Fsp3) is 0.222. The minimum Gasteiger partial charge on any atom is -0.361 e. The molecule has 2 aromatic heterocycles. The third-order valence-electron chi connectivity index (χ3n) is 4.32. The maximum absolute atomic E-state index is 12.2. The van der Waals surface area contributed by atoms with Crippen LogP contribution >= 0.6 is 0 Å². The van der Waals surface area contributed by atoms with Crippen molar-refractivity contribution in [3.63, 3.8) is 0 Å². The van der Waals surface area contributed by atoms with E-state index in [1.165, 1.54) is 24.7 Å². The molecule has 0 aliphatic heterocycles. The van der Waals surface area contributed by atoms with Gasteiger partial charge >= 0.3 is 5.69 Å². The molecule has 0 atom stereocenters. The van der Waals surface area contributed by atoms with Crippen LogP contribution in [0.1, 0.15) is 16.1 Å². The van der Waals surface area contributed by atoms with Crippen LogP contribution in [0.25, 0.3) is 10.9 Å². The number of amides is 2. The predicted octanol–water partition coefficient (Wildman–Crippen LogP) is -0.388. The standard InChI is InChI=1S/C18H19N5O4/c1-22-13(8-16(25)23(2)18(22)27)9-20-15(24)10-21-17(26)12-3-4-14-11(7-12)5-6-19-14/h3-8,19H,9-10H2,1-2H3,(H,20,24)(H,21,26). The number of H-pyrrole nitrogens is 1. The minimum atomic E-state index is -0.472. The summed E-state index contributed by atoms with van der Waals surface area (Å²) in [5.41, 5.74) is 0.824. The lowest BCUT2D eigenvalue weighted by molar-refractivity contribution is -0.120. The summed E-state index contributed by atoms with van der Waals surface area (Å²) in [5.74, 6) is -0.798. The molecule has 3 N–H and O–H groups in total. The van der Waals surface area contributed by atoms with Crippen LogP contribution in [0.5, 0.6) is 0 Å². The smallest absolute Gasteiger partial charge is 0.330 e. The summed E-state index contributed by atoms with van der Waals surface area (Å²) in [7, 11) is 2.90. The molecule has 0 radical (unpaired) electrons. The summed E-state index contributed by atoms with van der Waals surface area (Å²) >= 11 is 0. The number of nitrogens with one attached hydrogen (secondary N) is 3. The molecule has 3 rings (SSSR count). The number of rotatable bonds is 5. The molecule has 0 saturated heterocycles. The third-order valence-corrected chi connectivity index (χ3v) is 4.32. The van der Waals surface area contributed by atoms with Crippen LogP contribution < -0.4 is 21.9 Å². The molecular weight excluding hydrogens is 350 g/mol. The maximum Gasteiger partial charge on any atom is 0.330 e. The van der Waals surface area contributed by atoms with Crippen molar-refractivity contribution in [2.24, 2.45) is 14.1 Å². The summed E-state index contributed by atoms with van der Waals surface area (Å²) in [4.78, 5) is 50.7. The first-order valence-electron chi connectivity index (χ1n) is 8.25. The summed E-state index contributed by atoms with van der Waals surface area (Å²) < 4.78 is 2.26. The van der Waals surface area contributed by atoms with Gasteiger partial charge in [0.25, 0.3) is 11.5 Å². The Balaban J connectivity index is 1.57. The van der Waals surface area contributed by atoms with Gasteiger partial charge in [0.05, 0.1) is 13.1 Å². The predicted molar refractivity (Wildman–Crippen MR) is 99.4 cm³/mol. The summed E-state index contributed by atoms with van der Waals surface area (Å²) in [6.07, 6.45) is 1.78. The fourth-order valence-corrected chi connectivity index (χ4v) is 2.66. The van der Waals surface area contributed by atoms with Gasteiger partial charge in [0.1, 0.15) is 0 Å². The largest absolute Gasteiger partial charge is 0.361 e. The van der Waals surface area contributed by atoms with Gasteiger partial charge < -0.3 is 15.6 Å². The number of carbonyl (C=O) groups is 2. The molecule has 2 heterocycles. The van der Waals surface area contributed by atoms with Crippen LogP contribution in [0.2, 0.25) is 0 Å². The van der Waals surface area contributed by atoms with E-state index in [4.69, 9.17) is 0 Å². The van der Waals surface area contributed by atoms with Gasteiger partial charge in [-0.25, -0.2) is 4.79 Å². The van der Waals surface area contributed by atoms with Crippen molar-refractivity contribution in [3.8, 4) is 0 Å². The van der Waals surface area contributed by atoms with E-state index in [1.807, 2.05) is 6.07 Å². The molecule has 0 bridgehead atoms. The van der Waals surface area contributed by atoms with Gasteiger partial charge in [-0.3, -0.25) is 23.5 Å². The molecular formula is C18H19N5O4. The van der Waals surface area contributed by atoms with Crippen LogP contribution in [0.15, 0.2) is 46.1 Å². The van der Waals surface area contributed by atoms with Crippen molar-refractivity contribution in [2.45, 2.75) is 6.54 Å². The first kappa shape index (κ1) is 18.2. The third kappa shape index (κ3) is 3.81. The Hall–Kier alpha value is -3.62. The molecule has 1 aromatic carbocycles. The Morgan fingerprint density at radius 1 is 1.04 bits per heavy atom. The highest BCUT2D eigenvalue weighted by Gasteiger charge is 2.10. The zero-order valence-electron chi connectivity index (χ0n) is 14.9. The zero-order valence-corrected chi connectivity index (χ0v) is 14.9. The molecule has 0 fully saturated rings. The average molecular weight is 369 g/mol. The van der Waals surface area contributed by atoms with Gasteiger partial charge in [-0.15, -0.1) is 0 Å². The molecule has 0 saturated carbocycles. The Morgan fingerprint density at radius 2 is 1.81 bits per heavy atom. The molecule has 9 heteroatoms. The van der Waals surface area contributed by atoms with E-state index in [1.54, 1.807) is 24.4 Å². The Kier molecular flexibility index (Phi) is 4.93. The van der Waals surface area contributed by atoms with Gasteiger partial charge in [-0.2, -0.15) is 0 Å². The molecule has 0 aliphatic rings. The van der Waals surface area contributed by atoms with E-state index in [2.05, 4.69) is 15.6 Å². The second-order valence-electron chi connectivity index (χ2n) is 6.11. The van der Waals surface area contributed by atoms with Gasteiger partial charge in [-0.1, -0.05) is 0 Å². The van der Waals surface area contributed by atoms with Crippen LogP contribution in [0, 0.1) is 0 Å². The second kappa shape index (κ2) is 7.32. The number of aromatic nitrogens is 3. The lowest BCUT2D eigenvalue weighted by Gasteiger charge is -2.11. The van der Waals surface area contributed by atoms with Gasteiger partial charge in [0.15, 0.2) is 0 Å². The molecule has 0 aliphatic carbocycles. The number of carbonyl (C=O) groups excluding carboxylic acids is 2. The van der Waals surface area contributed by atoms with E-state index in [0.717, 1.165) is 15.5 Å². The number of hydrogen-bond acceptors (Lipinski definition) is 4. The maximum atomic E-state index is 12.2. The average Bonchev–Trinajstić information content (AvgIpc) is 3.13. The quantitative estimate of drug-likeness (QED) is 0.568. The molecule has 2 amide bonds. The highest BCUT2D eigenvalue weighted by Crippen LogP contribution is 2.14. The van der Waals surface area contributed by atoms with E-state index in [9.17, 15) is 19.2 Å². The van der Waals surface area contributed by atoms with E-state index < -0.39 is 17.2 Å². The number of benzene rings is 1. The second-order valence-corrected chi connectivity index (χ2v) is 6.11. The van der Waals surface area contributed by atoms with Gasteiger partial charge in [-0.05, 0) is 24.3 Å². The molecule has 0 unspecified atom stereocenters. The van der Waals surface area contributed by atoms with Crippen molar-refractivity contribution in [3.05, 3.63) is 68.6 Å². The SMILES string of the molecule is Cn1c(CNC(=O)CNC(=O)c2ccc3[nH]ccc3c2)cc(=O)n(C)c1=O. The number of fused-ring (bicyclic) bond motifs is 1. The molecule has 27 heavy (non-hydrogen) atoms. The topological polar surface area (TPSA) is 118 Å². The Labute approximate surface area is 153 Å². The van der Waals surface area contributed by atoms with Crippen molar-refractivity contribution < 1.29 is 9.59 Å². The minimum absolute atomic E-state index is 0.00579. The zero-order chi connectivity index (χ0) is 19.6. The van der Waals surface area contributed by atoms with Crippen LogP contribution in [0.3, 0.4) is 0 Å². The lowest BCUT2D eigenvalue weighted by Crippen LogP contribution is -2.41. The highest BCUT2D eigenvalue weighted by molar-refractivity contribution is 5.99. The van der Waals surface area contributed by atoms with E-state index >= 15 is 0 Å². The summed E-state index contributed by atoms with van der Waals surface area (Å²) in [6.45, 7) is -0.214. The summed E-state index contributed by atoms with van der Waals surface area (Å²) in [6, 6.07) is 8.33. The molecule has 140 valence electrons. The van der Waals surface area contributed by atoms with Crippen molar-refractivity contribution >= 4 is 22.7 Å². The molecule has 3 aromatic rings. The van der Waals surface area contributed by atoms with Crippen molar-refractivity contribution in [1.82, 2.24) is 24.8 Å². The van der Waals surface area contributed by atoms with E-state index in [-0.39, 0.29) is 19.0 Å². The first-order valence-corrected chi connectivity index (χ1v) is 8.25. The molecule has 0 spiro atoms. The Morgan fingerprint density at radius 3 is 2.59 bits per heavy atom. The first-order chi connectivity index (χ1) is 12.9. The Bertz CT molecular complexity index is 1140. The van der Waals surface area contributed by atoms with Gasteiger partial charge in [0.2, 0.25) is 5.91 Å². The normalized spacial score (nSPS) is 10.7. The van der Waals surface area contributed by atoms with Gasteiger partial charge in [0, 0.05) is 48.5 Å². The van der Waals surface area contributed by atoms with Crippen LogP contribution in [-0.4, -0.2) is 32.5 Å². The van der Waals surface area contributed by atoms with E-state index in [0.29, 0.717) is 11.3 Å². The fourth-order valence-electron chi connectivity index (χ4n) is 2.66. The van der Waals surface area contributed by atoms with Crippen molar-refractivity contribution in [1.29, 1.82) is 0 Å². The highest BCUT2D eigenvalue weighted by atomic mass is 16.2. The monoisotopic (exact) mass is 369 g/mol. The number of nitrogens with zero attached hydrogens (tertiary/aromatic N) is 2. The molecule has 9 nitrogen and oxygen atoms in total. The van der Waals surface area contributed by atoms with Crippen LogP contribution in [-0.2, 0) is 25.4 Å². The number of hydrogen-bond donors (Lipinski definition) is 3. The lowest BCUT2D eigenvalue weighted by atomic mass is 10.1. The van der Waals surface area contributed by atoms with Crippen LogP contribution in [0.4, 0.5) is 0 Å². The summed E-state index contributed by atoms with van der Waals surface area (Å²) in [5, 5.41) is 6.02.